The maximum Gasteiger partial charge on any atom is 0.226 e. The highest BCUT2D eigenvalue weighted by Crippen LogP contribution is 2.29. The summed E-state index contributed by atoms with van der Waals surface area (Å²) < 4.78 is 8.09. The third-order valence-corrected chi connectivity index (χ3v) is 5.42. The Hall–Kier alpha value is -3.42. The topological polar surface area (TPSA) is 71.9 Å². The van der Waals surface area contributed by atoms with E-state index in [0.717, 1.165) is 11.1 Å². The van der Waals surface area contributed by atoms with Crippen molar-refractivity contribution in [2.75, 3.05) is 5.32 Å². The van der Waals surface area contributed by atoms with E-state index in [-0.39, 0.29) is 12.3 Å². The van der Waals surface area contributed by atoms with Crippen molar-refractivity contribution in [3.63, 3.8) is 0 Å². The summed E-state index contributed by atoms with van der Waals surface area (Å²) in [5.41, 5.74) is 2.76. The first-order chi connectivity index (χ1) is 15.5. The molecule has 1 aromatic heterocycles. The van der Waals surface area contributed by atoms with Crippen LogP contribution in [0.25, 0.3) is 11.4 Å². The van der Waals surface area contributed by atoms with Crippen LogP contribution in [0.2, 0.25) is 5.02 Å². The molecule has 1 heterocycles. The SMILES string of the molecule is Cc1cccc(-c2n[nH]c(=S)n2CCC(=O)Nc2ccc(Oc3ccccc3Cl)cc2)c1. The van der Waals surface area contributed by atoms with E-state index in [1.807, 2.05) is 47.9 Å². The highest BCUT2D eigenvalue weighted by atomic mass is 35.5. The molecule has 0 unspecified atom stereocenters. The lowest BCUT2D eigenvalue weighted by molar-refractivity contribution is -0.116. The second-order valence-corrected chi connectivity index (χ2v) is 8.02. The standard InChI is InChI=1S/C24H21ClN4O2S/c1-16-5-4-6-17(15-16)23-27-28-24(32)29(23)14-13-22(30)26-18-9-11-19(12-10-18)31-21-8-3-2-7-20(21)25/h2-12,15H,13-14H2,1H3,(H,26,30)(H,28,32). The van der Waals surface area contributed by atoms with E-state index in [2.05, 4.69) is 15.5 Å². The third-order valence-electron chi connectivity index (χ3n) is 4.80. The molecule has 0 fully saturated rings. The third kappa shape index (κ3) is 5.25. The summed E-state index contributed by atoms with van der Waals surface area (Å²) in [5, 5.41) is 10.6. The van der Waals surface area contributed by atoms with Crippen LogP contribution in [-0.4, -0.2) is 20.7 Å². The molecule has 4 rings (SSSR count). The molecule has 0 aliphatic heterocycles. The average Bonchev–Trinajstić information content (AvgIpc) is 3.15. The van der Waals surface area contributed by atoms with Gasteiger partial charge in [-0.25, -0.2) is 0 Å². The molecule has 0 aliphatic rings. The Labute approximate surface area is 195 Å². The van der Waals surface area contributed by atoms with E-state index in [9.17, 15) is 4.79 Å². The Morgan fingerprint density at radius 3 is 2.66 bits per heavy atom. The lowest BCUT2D eigenvalue weighted by Crippen LogP contribution is -2.15. The van der Waals surface area contributed by atoms with Crippen LogP contribution < -0.4 is 10.1 Å². The molecular weight excluding hydrogens is 444 g/mol. The largest absolute Gasteiger partial charge is 0.456 e. The highest BCUT2D eigenvalue weighted by molar-refractivity contribution is 7.71. The number of amides is 1. The number of hydrogen-bond donors (Lipinski definition) is 2. The normalized spacial score (nSPS) is 10.7. The number of benzene rings is 3. The van der Waals surface area contributed by atoms with Crippen LogP contribution >= 0.6 is 23.8 Å². The summed E-state index contributed by atoms with van der Waals surface area (Å²) in [7, 11) is 0. The molecule has 3 aromatic carbocycles. The first-order valence-corrected chi connectivity index (χ1v) is 10.8. The van der Waals surface area contributed by atoms with Crippen molar-refractivity contribution in [3.8, 4) is 22.9 Å². The number of aromatic nitrogens is 3. The Bertz CT molecular complexity index is 1300. The van der Waals surface area contributed by atoms with Gasteiger partial charge in [0.2, 0.25) is 5.91 Å². The predicted octanol–water partition coefficient (Wildman–Crippen LogP) is 6.39. The number of para-hydroxylation sites is 1. The van der Waals surface area contributed by atoms with Gasteiger partial charge >= 0.3 is 0 Å². The number of hydrogen-bond acceptors (Lipinski definition) is 4. The van der Waals surface area contributed by atoms with Gasteiger partial charge in [0.05, 0.1) is 5.02 Å². The number of nitrogens with one attached hydrogen (secondary N) is 2. The number of aryl methyl sites for hydroxylation is 1. The van der Waals surface area contributed by atoms with E-state index >= 15 is 0 Å². The van der Waals surface area contributed by atoms with Gasteiger partial charge in [-0.1, -0.05) is 47.5 Å². The Balaban J connectivity index is 1.37. The van der Waals surface area contributed by atoms with E-state index in [0.29, 0.717) is 39.3 Å². The van der Waals surface area contributed by atoms with Crippen molar-refractivity contribution in [1.29, 1.82) is 0 Å². The summed E-state index contributed by atoms with van der Waals surface area (Å²) in [6.07, 6.45) is 0.254. The molecule has 0 aliphatic carbocycles. The van der Waals surface area contributed by atoms with Gasteiger partial charge in [0.1, 0.15) is 11.5 Å². The Morgan fingerprint density at radius 2 is 1.91 bits per heavy atom. The average molecular weight is 465 g/mol. The van der Waals surface area contributed by atoms with Gasteiger partial charge in [0.15, 0.2) is 10.6 Å². The first kappa shape index (κ1) is 21.8. The molecule has 2 N–H and O–H groups in total. The van der Waals surface area contributed by atoms with Crippen LogP contribution in [0.1, 0.15) is 12.0 Å². The van der Waals surface area contributed by atoms with Crippen LogP contribution in [0, 0.1) is 11.7 Å². The molecule has 0 bridgehead atoms. The van der Waals surface area contributed by atoms with E-state index in [1.165, 1.54) is 0 Å². The second kappa shape index (κ2) is 9.80. The zero-order valence-corrected chi connectivity index (χ0v) is 18.9. The number of nitrogens with zero attached hydrogens (tertiary/aromatic N) is 2. The number of carbonyl (C=O) groups excluding carboxylic acids is 1. The number of rotatable bonds is 7. The summed E-state index contributed by atoms with van der Waals surface area (Å²) in [6.45, 7) is 2.44. The summed E-state index contributed by atoms with van der Waals surface area (Å²) >= 11 is 11.5. The second-order valence-electron chi connectivity index (χ2n) is 7.23. The van der Waals surface area contributed by atoms with Gasteiger partial charge < -0.3 is 10.1 Å². The summed E-state index contributed by atoms with van der Waals surface area (Å²) in [6, 6.07) is 22.4. The Morgan fingerprint density at radius 1 is 1.12 bits per heavy atom. The Kier molecular flexibility index (Phi) is 6.68. The highest BCUT2D eigenvalue weighted by Gasteiger charge is 2.11. The van der Waals surface area contributed by atoms with Gasteiger partial charge in [-0.3, -0.25) is 14.5 Å². The number of H-pyrrole nitrogens is 1. The van der Waals surface area contributed by atoms with Crippen LogP contribution in [0.4, 0.5) is 5.69 Å². The van der Waals surface area contributed by atoms with Crippen LogP contribution in [0.5, 0.6) is 11.5 Å². The maximum atomic E-state index is 12.5. The minimum atomic E-state index is -0.122. The van der Waals surface area contributed by atoms with Crippen LogP contribution in [0.15, 0.2) is 72.8 Å². The quantitative estimate of drug-likeness (QED) is 0.311. The number of carbonyl (C=O) groups is 1. The van der Waals surface area contributed by atoms with Gasteiger partial charge in [-0.05, 0) is 61.6 Å². The van der Waals surface area contributed by atoms with Crippen LogP contribution in [0.3, 0.4) is 0 Å². The fourth-order valence-electron chi connectivity index (χ4n) is 3.23. The van der Waals surface area contributed by atoms with E-state index in [4.69, 9.17) is 28.6 Å². The monoisotopic (exact) mass is 464 g/mol. The van der Waals surface area contributed by atoms with Crippen molar-refractivity contribution in [2.24, 2.45) is 0 Å². The fraction of sp³-hybridized carbons (Fsp3) is 0.125. The molecule has 8 heteroatoms. The molecule has 4 aromatic rings. The molecule has 162 valence electrons. The molecule has 0 radical (unpaired) electrons. The number of halogens is 1. The molecular formula is C24H21ClN4O2S. The lowest BCUT2D eigenvalue weighted by atomic mass is 10.1. The molecule has 0 spiro atoms. The number of aromatic amines is 1. The van der Waals surface area contributed by atoms with Gasteiger partial charge in [-0.2, -0.15) is 5.10 Å². The smallest absolute Gasteiger partial charge is 0.226 e. The van der Waals surface area contributed by atoms with Crippen LogP contribution in [-0.2, 0) is 11.3 Å². The van der Waals surface area contributed by atoms with Crippen molar-refractivity contribution in [3.05, 3.63) is 88.2 Å². The molecule has 32 heavy (non-hydrogen) atoms. The number of ether oxygens (including phenoxy) is 1. The van der Waals surface area contributed by atoms with Gasteiger partial charge in [0, 0.05) is 24.2 Å². The van der Waals surface area contributed by atoms with Gasteiger partial charge in [0.25, 0.3) is 0 Å². The molecule has 0 saturated heterocycles. The molecule has 6 nitrogen and oxygen atoms in total. The van der Waals surface area contributed by atoms with Crippen molar-refractivity contribution in [1.82, 2.24) is 14.8 Å². The zero-order chi connectivity index (χ0) is 22.5. The van der Waals surface area contributed by atoms with E-state index < -0.39 is 0 Å². The fourth-order valence-corrected chi connectivity index (χ4v) is 3.62. The summed E-state index contributed by atoms with van der Waals surface area (Å²) in [5.74, 6) is 1.80. The number of anilines is 1. The van der Waals surface area contributed by atoms with E-state index in [1.54, 1.807) is 36.4 Å². The maximum absolute atomic E-state index is 12.5. The summed E-state index contributed by atoms with van der Waals surface area (Å²) in [4.78, 5) is 12.5. The molecule has 0 atom stereocenters. The molecule has 0 saturated carbocycles. The van der Waals surface area contributed by atoms with Crippen molar-refractivity contribution >= 4 is 35.4 Å². The predicted molar refractivity (Wildman–Crippen MR) is 129 cm³/mol. The minimum absolute atomic E-state index is 0.122. The van der Waals surface area contributed by atoms with Gasteiger partial charge in [-0.15, -0.1) is 0 Å². The van der Waals surface area contributed by atoms with Crippen molar-refractivity contribution < 1.29 is 9.53 Å². The lowest BCUT2D eigenvalue weighted by Gasteiger charge is -2.10. The zero-order valence-electron chi connectivity index (χ0n) is 17.3. The molecule has 1 amide bonds. The first-order valence-electron chi connectivity index (χ1n) is 10.0. The van der Waals surface area contributed by atoms with Crippen molar-refractivity contribution in [2.45, 2.75) is 19.9 Å². The minimum Gasteiger partial charge on any atom is -0.456 e.